The van der Waals surface area contributed by atoms with Crippen molar-refractivity contribution >= 4 is 17.5 Å². The quantitative estimate of drug-likeness (QED) is 0.793. The van der Waals surface area contributed by atoms with Crippen LogP contribution in [0.1, 0.15) is 50.5 Å². The summed E-state index contributed by atoms with van der Waals surface area (Å²) in [7, 11) is 0. The molecule has 0 aliphatic heterocycles. The molecule has 0 radical (unpaired) electrons. The predicted molar refractivity (Wildman–Crippen MR) is 99.2 cm³/mol. The molecule has 2 amide bonds. The number of hydrogen-bond acceptors (Lipinski definition) is 4. The average Bonchev–Trinajstić information content (AvgIpc) is 2.51. The topological polar surface area (TPSA) is 99.2 Å². The first-order chi connectivity index (χ1) is 11.5. The number of amides is 2. The Hall–Kier alpha value is -2.55. The third-order valence-corrected chi connectivity index (χ3v) is 4.53. The molecule has 6 nitrogen and oxygen atoms in total. The van der Waals surface area contributed by atoms with E-state index >= 15 is 0 Å². The summed E-state index contributed by atoms with van der Waals surface area (Å²) in [6, 6.07) is 7.55. The number of anilines is 1. The van der Waals surface area contributed by atoms with Crippen LogP contribution in [0.3, 0.4) is 0 Å². The number of aryl methyl sites for hydroxylation is 1. The zero-order chi connectivity index (χ0) is 19.4. The van der Waals surface area contributed by atoms with Gasteiger partial charge >= 0.3 is 0 Å². The van der Waals surface area contributed by atoms with Crippen molar-refractivity contribution < 1.29 is 9.59 Å². The maximum Gasteiger partial charge on any atom is 0.248 e. The molecule has 3 N–H and O–H groups in total. The second-order valence-electron chi connectivity index (χ2n) is 7.10. The molecule has 1 aromatic rings. The summed E-state index contributed by atoms with van der Waals surface area (Å²) in [5, 5.41) is 12.2. The van der Waals surface area contributed by atoms with E-state index in [-0.39, 0.29) is 24.4 Å². The molecule has 25 heavy (non-hydrogen) atoms. The van der Waals surface area contributed by atoms with Crippen LogP contribution in [0.2, 0.25) is 0 Å². The number of carbonyl (C=O) groups is 2. The summed E-state index contributed by atoms with van der Waals surface area (Å²) in [6.07, 6.45) is 0. The highest BCUT2D eigenvalue weighted by molar-refractivity contribution is 5.94. The zero-order valence-electron chi connectivity index (χ0n) is 15.9. The zero-order valence-corrected chi connectivity index (χ0v) is 15.9. The van der Waals surface area contributed by atoms with E-state index < -0.39 is 11.4 Å². The van der Waals surface area contributed by atoms with Gasteiger partial charge in [-0.15, -0.1) is 0 Å². The summed E-state index contributed by atoms with van der Waals surface area (Å²) >= 11 is 0. The van der Waals surface area contributed by atoms with Crippen LogP contribution < -0.4 is 16.0 Å². The fourth-order valence-electron chi connectivity index (χ4n) is 2.46. The maximum absolute atomic E-state index is 12.5. The van der Waals surface area contributed by atoms with Crippen LogP contribution in [0.5, 0.6) is 0 Å². The van der Waals surface area contributed by atoms with Crippen LogP contribution in [0, 0.1) is 24.2 Å². The van der Waals surface area contributed by atoms with Crippen LogP contribution >= 0.6 is 0 Å². The molecule has 6 heteroatoms. The van der Waals surface area contributed by atoms with Gasteiger partial charge in [-0.05, 0) is 57.4 Å². The van der Waals surface area contributed by atoms with E-state index in [0.29, 0.717) is 5.56 Å². The number of nitrogens with zero attached hydrogens (tertiary/aromatic N) is 2. The number of hydrogen-bond donors (Lipinski definition) is 2. The van der Waals surface area contributed by atoms with Gasteiger partial charge in [0.25, 0.3) is 0 Å². The van der Waals surface area contributed by atoms with Gasteiger partial charge in [0.05, 0.1) is 12.6 Å². The lowest BCUT2D eigenvalue weighted by molar-refractivity contribution is -0.121. The summed E-state index contributed by atoms with van der Waals surface area (Å²) in [5.74, 6) is -0.700. The first-order valence-corrected chi connectivity index (χ1v) is 8.41. The molecular weight excluding hydrogens is 316 g/mol. The van der Waals surface area contributed by atoms with Crippen LogP contribution in [0.4, 0.5) is 5.69 Å². The van der Waals surface area contributed by atoms with Gasteiger partial charge in [0.2, 0.25) is 11.8 Å². The summed E-state index contributed by atoms with van der Waals surface area (Å²) in [4.78, 5) is 25.8. The molecular formula is C19H28N4O2. The number of rotatable bonds is 7. The second-order valence-corrected chi connectivity index (χ2v) is 7.10. The van der Waals surface area contributed by atoms with Crippen molar-refractivity contribution in [1.82, 2.24) is 5.32 Å². The van der Waals surface area contributed by atoms with E-state index in [1.807, 2.05) is 45.6 Å². The van der Waals surface area contributed by atoms with E-state index in [9.17, 15) is 14.9 Å². The minimum Gasteiger partial charge on any atom is -0.366 e. The highest BCUT2D eigenvalue weighted by atomic mass is 16.2. The predicted octanol–water partition coefficient (Wildman–Crippen LogP) is 2.36. The summed E-state index contributed by atoms with van der Waals surface area (Å²) < 4.78 is 0. The van der Waals surface area contributed by atoms with Gasteiger partial charge in [0.15, 0.2) is 0 Å². The van der Waals surface area contributed by atoms with Crippen molar-refractivity contribution in [2.75, 3.05) is 11.4 Å². The summed E-state index contributed by atoms with van der Waals surface area (Å²) in [5.41, 5.74) is 6.50. The standard InChI is InChI=1S/C19H28N4O2/c1-12(2)19(6,11-20)22-17(24)10-23(13(3)4)15-7-8-16(18(21)25)14(5)9-15/h7-9,12-13H,10H2,1-6H3,(H2,21,25)(H,22,24)/t19-/m0/s1. The number of nitrogens with two attached hydrogens (primary N) is 1. The Labute approximate surface area is 150 Å². The van der Waals surface area contributed by atoms with Crippen molar-refractivity contribution in [3.63, 3.8) is 0 Å². The first-order valence-electron chi connectivity index (χ1n) is 8.41. The van der Waals surface area contributed by atoms with E-state index in [2.05, 4.69) is 11.4 Å². The van der Waals surface area contributed by atoms with Gasteiger partial charge in [-0.2, -0.15) is 5.26 Å². The van der Waals surface area contributed by atoms with Gasteiger partial charge in [-0.3, -0.25) is 9.59 Å². The number of primary amides is 1. The molecule has 1 atom stereocenters. The highest BCUT2D eigenvalue weighted by Crippen LogP contribution is 2.22. The Kier molecular flexibility index (Phi) is 6.57. The van der Waals surface area contributed by atoms with Gasteiger partial charge in [0.1, 0.15) is 5.54 Å². The Balaban J connectivity index is 3.03. The molecule has 0 unspecified atom stereocenters. The lowest BCUT2D eigenvalue weighted by atomic mass is 9.90. The van der Waals surface area contributed by atoms with E-state index in [1.165, 1.54) is 0 Å². The van der Waals surface area contributed by atoms with Crippen molar-refractivity contribution in [3.8, 4) is 6.07 Å². The Bertz CT molecular complexity index is 691. The maximum atomic E-state index is 12.5. The van der Waals surface area contributed by atoms with Crippen molar-refractivity contribution in [1.29, 1.82) is 5.26 Å². The molecule has 0 saturated heterocycles. The summed E-state index contributed by atoms with van der Waals surface area (Å²) in [6.45, 7) is 11.4. The third-order valence-electron chi connectivity index (χ3n) is 4.53. The molecule has 0 spiro atoms. The minimum absolute atomic E-state index is 0.00829. The minimum atomic E-state index is -0.911. The number of carbonyl (C=O) groups excluding carboxylic acids is 2. The van der Waals surface area contributed by atoms with Crippen LogP contribution in [-0.4, -0.2) is 29.9 Å². The fourth-order valence-corrected chi connectivity index (χ4v) is 2.46. The van der Waals surface area contributed by atoms with E-state index in [0.717, 1.165) is 11.3 Å². The molecule has 1 rings (SSSR count). The third kappa shape index (κ3) is 4.96. The number of benzene rings is 1. The molecule has 0 bridgehead atoms. The molecule has 136 valence electrons. The lowest BCUT2D eigenvalue weighted by Gasteiger charge is -2.32. The molecule has 0 fully saturated rings. The largest absolute Gasteiger partial charge is 0.366 e. The normalized spacial score (nSPS) is 13.2. The molecule has 0 saturated carbocycles. The second kappa shape index (κ2) is 8.02. The average molecular weight is 344 g/mol. The Morgan fingerprint density at radius 2 is 1.92 bits per heavy atom. The molecule has 0 heterocycles. The van der Waals surface area contributed by atoms with Crippen LogP contribution in [-0.2, 0) is 4.79 Å². The molecule has 0 aliphatic rings. The molecule has 1 aromatic carbocycles. The van der Waals surface area contributed by atoms with Crippen molar-refractivity contribution in [2.24, 2.45) is 11.7 Å². The van der Waals surface area contributed by atoms with Gasteiger partial charge in [-0.25, -0.2) is 0 Å². The Morgan fingerprint density at radius 3 is 2.32 bits per heavy atom. The van der Waals surface area contributed by atoms with Crippen LogP contribution in [0.25, 0.3) is 0 Å². The SMILES string of the molecule is Cc1cc(N(CC(=O)N[C@@](C)(C#N)C(C)C)C(C)C)ccc1C(N)=O. The number of nitrogens with one attached hydrogen (secondary N) is 1. The lowest BCUT2D eigenvalue weighted by Crippen LogP contribution is -2.52. The fraction of sp³-hybridized carbons (Fsp3) is 0.526. The molecule has 0 aromatic heterocycles. The Morgan fingerprint density at radius 1 is 1.32 bits per heavy atom. The highest BCUT2D eigenvalue weighted by Gasteiger charge is 2.30. The first kappa shape index (κ1) is 20.5. The van der Waals surface area contributed by atoms with E-state index in [4.69, 9.17) is 5.73 Å². The van der Waals surface area contributed by atoms with E-state index in [1.54, 1.807) is 19.1 Å². The van der Waals surface area contributed by atoms with Gasteiger partial charge in [-0.1, -0.05) is 13.8 Å². The number of nitriles is 1. The smallest absolute Gasteiger partial charge is 0.248 e. The monoisotopic (exact) mass is 344 g/mol. The van der Waals surface area contributed by atoms with Crippen molar-refractivity contribution in [3.05, 3.63) is 29.3 Å². The van der Waals surface area contributed by atoms with Crippen molar-refractivity contribution in [2.45, 2.75) is 53.1 Å². The van der Waals surface area contributed by atoms with Gasteiger partial charge < -0.3 is 16.0 Å². The molecule has 0 aliphatic carbocycles. The van der Waals surface area contributed by atoms with Crippen LogP contribution in [0.15, 0.2) is 18.2 Å². The van der Waals surface area contributed by atoms with Gasteiger partial charge in [0, 0.05) is 17.3 Å².